The van der Waals surface area contributed by atoms with Crippen molar-refractivity contribution in [1.82, 2.24) is 0 Å². The number of ether oxygens (including phenoxy) is 1. The molecule has 5 nitrogen and oxygen atoms in total. The van der Waals surface area contributed by atoms with Crippen LogP contribution in [0, 0.1) is 6.92 Å². The minimum atomic E-state index is -1.08. The average Bonchev–Trinajstić information content (AvgIpc) is 2.64. The molecule has 1 atom stereocenters. The van der Waals surface area contributed by atoms with Crippen molar-refractivity contribution in [2.45, 2.75) is 52.7 Å². The van der Waals surface area contributed by atoms with E-state index in [1.165, 1.54) is 4.90 Å². The fourth-order valence-corrected chi connectivity index (χ4v) is 3.58. The number of fused-ring (bicyclic) bond motifs is 1. The van der Waals surface area contributed by atoms with Crippen LogP contribution in [0.5, 0.6) is 5.75 Å². The standard InChI is InChI=1S/C22H25ClN2O3/c1-6-15-9-7-8-13(2)19(15)24-20(26)14(3)25-17-12-16(23)10-11-18(17)28-22(4,5)21(25)27/h7-12,14H,6H2,1-5H3,(H,24,26). The lowest BCUT2D eigenvalue weighted by molar-refractivity contribution is -0.134. The zero-order valence-electron chi connectivity index (χ0n) is 16.8. The summed E-state index contributed by atoms with van der Waals surface area (Å²) in [4.78, 5) is 27.7. The summed E-state index contributed by atoms with van der Waals surface area (Å²) in [5, 5.41) is 3.49. The van der Waals surface area contributed by atoms with Crippen molar-refractivity contribution in [1.29, 1.82) is 0 Å². The van der Waals surface area contributed by atoms with Crippen molar-refractivity contribution < 1.29 is 14.3 Å². The molecule has 28 heavy (non-hydrogen) atoms. The molecule has 0 aliphatic carbocycles. The molecule has 3 rings (SSSR count). The second-order valence-corrected chi connectivity index (χ2v) is 7.96. The normalized spacial score (nSPS) is 16.2. The van der Waals surface area contributed by atoms with Gasteiger partial charge in [-0.2, -0.15) is 0 Å². The zero-order valence-corrected chi connectivity index (χ0v) is 17.6. The average molecular weight is 401 g/mol. The molecule has 0 fully saturated rings. The number of para-hydroxylation sites is 1. The molecule has 0 spiro atoms. The van der Waals surface area contributed by atoms with E-state index in [1.807, 2.05) is 32.0 Å². The van der Waals surface area contributed by atoms with E-state index in [9.17, 15) is 9.59 Å². The number of carbonyl (C=O) groups excluding carboxylic acids is 2. The number of hydrogen-bond donors (Lipinski definition) is 1. The van der Waals surface area contributed by atoms with Gasteiger partial charge in [0.25, 0.3) is 5.91 Å². The molecule has 2 amide bonds. The van der Waals surface area contributed by atoms with Gasteiger partial charge >= 0.3 is 0 Å². The highest BCUT2D eigenvalue weighted by atomic mass is 35.5. The van der Waals surface area contributed by atoms with E-state index in [-0.39, 0.29) is 11.8 Å². The Kier molecular flexibility index (Phi) is 5.39. The highest BCUT2D eigenvalue weighted by molar-refractivity contribution is 6.31. The minimum absolute atomic E-state index is 0.263. The van der Waals surface area contributed by atoms with Crippen LogP contribution in [0.15, 0.2) is 36.4 Å². The quantitative estimate of drug-likeness (QED) is 0.806. The smallest absolute Gasteiger partial charge is 0.271 e. The molecule has 0 bridgehead atoms. The lowest BCUT2D eigenvalue weighted by Crippen LogP contribution is -2.57. The maximum Gasteiger partial charge on any atom is 0.271 e. The molecule has 0 aromatic heterocycles. The first-order chi connectivity index (χ1) is 13.2. The summed E-state index contributed by atoms with van der Waals surface area (Å²) >= 11 is 6.14. The molecule has 148 valence electrons. The molecule has 0 saturated carbocycles. The maximum atomic E-state index is 13.1. The fraction of sp³-hybridized carbons (Fsp3) is 0.364. The monoisotopic (exact) mass is 400 g/mol. The molecule has 1 aliphatic rings. The zero-order chi connectivity index (χ0) is 20.6. The molecule has 1 aliphatic heterocycles. The van der Waals surface area contributed by atoms with Crippen LogP contribution in [0.3, 0.4) is 0 Å². The maximum absolute atomic E-state index is 13.1. The van der Waals surface area contributed by atoms with Gasteiger partial charge in [0.05, 0.1) is 5.69 Å². The van der Waals surface area contributed by atoms with E-state index in [2.05, 4.69) is 5.32 Å². The number of halogens is 1. The van der Waals surface area contributed by atoms with Crippen molar-refractivity contribution in [2.24, 2.45) is 0 Å². The molecule has 2 aromatic rings. The number of benzene rings is 2. The van der Waals surface area contributed by atoms with E-state index in [0.29, 0.717) is 16.5 Å². The predicted octanol–water partition coefficient (Wildman–Crippen LogP) is 4.74. The van der Waals surface area contributed by atoms with Gasteiger partial charge in [0, 0.05) is 10.7 Å². The predicted molar refractivity (Wildman–Crippen MR) is 112 cm³/mol. The van der Waals surface area contributed by atoms with Crippen LogP contribution in [0.2, 0.25) is 5.02 Å². The Morgan fingerprint density at radius 1 is 1.29 bits per heavy atom. The number of rotatable bonds is 4. The number of amides is 2. The van der Waals surface area contributed by atoms with Crippen LogP contribution in [0.1, 0.15) is 38.8 Å². The number of nitrogens with zero attached hydrogens (tertiary/aromatic N) is 1. The Balaban J connectivity index is 1.97. The number of nitrogens with one attached hydrogen (secondary N) is 1. The Bertz CT molecular complexity index is 939. The molecular weight excluding hydrogens is 376 g/mol. The molecule has 1 N–H and O–H groups in total. The molecule has 0 radical (unpaired) electrons. The lowest BCUT2D eigenvalue weighted by atomic mass is 10.0. The van der Waals surface area contributed by atoms with Crippen LogP contribution in [-0.2, 0) is 16.0 Å². The third-order valence-electron chi connectivity index (χ3n) is 5.03. The number of anilines is 2. The van der Waals surface area contributed by atoms with Crippen molar-refractivity contribution in [3.05, 3.63) is 52.5 Å². The van der Waals surface area contributed by atoms with Crippen molar-refractivity contribution in [3.8, 4) is 5.75 Å². The van der Waals surface area contributed by atoms with Crippen LogP contribution in [-0.4, -0.2) is 23.5 Å². The summed E-state index contributed by atoms with van der Waals surface area (Å²) in [6.45, 7) is 9.10. The van der Waals surface area contributed by atoms with E-state index in [4.69, 9.17) is 16.3 Å². The van der Waals surface area contributed by atoms with Crippen LogP contribution in [0.4, 0.5) is 11.4 Å². The van der Waals surface area contributed by atoms with Crippen molar-refractivity contribution in [3.63, 3.8) is 0 Å². The van der Waals surface area contributed by atoms with Gasteiger partial charge in [-0.25, -0.2) is 0 Å². The van der Waals surface area contributed by atoms with Gasteiger partial charge < -0.3 is 10.1 Å². The van der Waals surface area contributed by atoms with Crippen LogP contribution < -0.4 is 15.0 Å². The van der Waals surface area contributed by atoms with Gasteiger partial charge in [-0.05, 0) is 63.4 Å². The number of hydrogen-bond acceptors (Lipinski definition) is 3. The second-order valence-electron chi connectivity index (χ2n) is 7.53. The summed E-state index contributed by atoms with van der Waals surface area (Å²) < 4.78 is 5.84. The summed E-state index contributed by atoms with van der Waals surface area (Å²) in [7, 11) is 0. The highest BCUT2D eigenvalue weighted by Gasteiger charge is 2.44. The van der Waals surface area contributed by atoms with Gasteiger partial charge in [0.15, 0.2) is 5.60 Å². The van der Waals surface area contributed by atoms with Crippen LogP contribution >= 0.6 is 11.6 Å². The number of aryl methyl sites for hydroxylation is 2. The molecule has 0 saturated heterocycles. The topological polar surface area (TPSA) is 58.6 Å². The molecule has 6 heteroatoms. The Hall–Kier alpha value is -2.53. The third kappa shape index (κ3) is 3.59. The summed E-state index contributed by atoms with van der Waals surface area (Å²) in [6, 6.07) is 10.3. The molecule has 1 heterocycles. The van der Waals surface area contributed by atoms with Gasteiger partial charge in [-0.3, -0.25) is 14.5 Å². The van der Waals surface area contributed by atoms with Gasteiger partial charge in [-0.15, -0.1) is 0 Å². The second kappa shape index (κ2) is 7.47. The largest absolute Gasteiger partial charge is 0.476 e. The first-order valence-corrected chi connectivity index (χ1v) is 9.75. The Morgan fingerprint density at radius 3 is 2.68 bits per heavy atom. The highest BCUT2D eigenvalue weighted by Crippen LogP contribution is 2.40. The van der Waals surface area contributed by atoms with E-state index >= 15 is 0 Å². The molecular formula is C22H25ClN2O3. The Morgan fingerprint density at radius 2 is 2.00 bits per heavy atom. The fourth-order valence-electron chi connectivity index (χ4n) is 3.41. The first-order valence-electron chi connectivity index (χ1n) is 9.37. The van der Waals surface area contributed by atoms with Gasteiger partial charge in [0.1, 0.15) is 11.8 Å². The first kappa shape index (κ1) is 20.2. The van der Waals surface area contributed by atoms with Gasteiger partial charge in [-0.1, -0.05) is 36.7 Å². The SMILES string of the molecule is CCc1cccc(C)c1NC(=O)C(C)N1C(=O)C(C)(C)Oc2ccc(Cl)cc21. The third-order valence-corrected chi connectivity index (χ3v) is 5.27. The van der Waals surface area contributed by atoms with Gasteiger partial charge in [0.2, 0.25) is 5.91 Å². The lowest BCUT2D eigenvalue weighted by Gasteiger charge is -2.41. The summed E-state index contributed by atoms with van der Waals surface area (Å²) in [5.41, 5.74) is 2.26. The van der Waals surface area contributed by atoms with E-state index < -0.39 is 11.6 Å². The minimum Gasteiger partial charge on any atom is -0.476 e. The van der Waals surface area contributed by atoms with E-state index in [0.717, 1.165) is 23.2 Å². The molecule has 2 aromatic carbocycles. The van der Waals surface area contributed by atoms with E-state index in [1.54, 1.807) is 39.0 Å². The van der Waals surface area contributed by atoms with Crippen LogP contribution in [0.25, 0.3) is 0 Å². The summed E-state index contributed by atoms with van der Waals surface area (Å²) in [5.74, 6) is -0.0230. The number of carbonyl (C=O) groups is 2. The molecule has 1 unspecified atom stereocenters. The Labute approximate surface area is 170 Å². The van der Waals surface area contributed by atoms with Crippen molar-refractivity contribution >= 4 is 34.8 Å². The van der Waals surface area contributed by atoms with Crippen molar-refractivity contribution in [2.75, 3.05) is 10.2 Å². The summed E-state index contributed by atoms with van der Waals surface area (Å²) in [6.07, 6.45) is 0.799.